The fourth-order valence-corrected chi connectivity index (χ4v) is 7.22. The van der Waals surface area contributed by atoms with Crippen LogP contribution in [0.15, 0.2) is 182 Å². The number of aryl methyl sites for hydroxylation is 1. The summed E-state index contributed by atoms with van der Waals surface area (Å²) in [6, 6.07) is 66.2. The van der Waals surface area contributed by atoms with E-state index in [1.165, 1.54) is 50.1 Å². The van der Waals surface area contributed by atoms with Gasteiger partial charge in [-0.25, -0.2) is 0 Å². The molecule has 0 heterocycles. The van der Waals surface area contributed by atoms with Crippen molar-refractivity contribution < 1.29 is 0 Å². The van der Waals surface area contributed by atoms with Crippen LogP contribution >= 0.6 is 0 Å². The number of nitrogens with zero attached hydrogens (tertiary/aromatic N) is 1. The van der Waals surface area contributed by atoms with Crippen LogP contribution in [-0.2, 0) is 5.41 Å². The standard InChI is InChI=1S/C44H33N/c1-32-13-12-16-36(31-32)44(42-21-10-8-19-40(42)41-20-9-11-22-43(41)44)35-25-29-39(30-26-35)45(37-17-6-3-7-18-37)38-27-23-34(24-28-38)33-14-4-2-5-15-33/h2-31H,1H3. The molecule has 0 atom stereocenters. The third-order valence-electron chi connectivity index (χ3n) is 9.21. The molecule has 1 heteroatoms. The maximum Gasteiger partial charge on any atom is 0.0713 e. The van der Waals surface area contributed by atoms with Crippen molar-refractivity contribution in [2.75, 3.05) is 4.90 Å². The second-order valence-corrected chi connectivity index (χ2v) is 11.8. The lowest BCUT2D eigenvalue weighted by Crippen LogP contribution is -2.28. The van der Waals surface area contributed by atoms with E-state index >= 15 is 0 Å². The second kappa shape index (κ2) is 11.1. The summed E-state index contributed by atoms with van der Waals surface area (Å²) in [7, 11) is 0. The van der Waals surface area contributed by atoms with Gasteiger partial charge in [0, 0.05) is 17.1 Å². The molecule has 0 aromatic heterocycles. The topological polar surface area (TPSA) is 3.24 Å². The highest BCUT2D eigenvalue weighted by Gasteiger charge is 2.45. The van der Waals surface area contributed by atoms with E-state index in [2.05, 4.69) is 194 Å². The van der Waals surface area contributed by atoms with Crippen LogP contribution in [0.3, 0.4) is 0 Å². The van der Waals surface area contributed by atoms with Crippen LogP contribution in [0.4, 0.5) is 17.1 Å². The average molecular weight is 576 g/mol. The number of rotatable bonds is 6. The van der Waals surface area contributed by atoms with E-state index in [0.717, 1.165) is 17.1 Å². The zero-order valence-electron chi connectivity index (χ0n) is 25.3. The molecular weight excluding hydrogens is 542 g/mol. The lowest BCUT2D eigenvalue weighted by atomic mass is 9.67. The van der Waals surface area contributed by atoms with Crippen LogP contribution < -0.4 is 4.90 Å². The smallest absolute Gasteiger partial charge is 0.0713 e. The highest BCUT2D eigenvalue weighted by molar-refractivity contribution is 5.87. The molecule has 0 saturated heterocycles. The highest BCUT2D eigenvalue weighted by atomic mass is 15.1. The molecule has 45 heavy (non-hydrogen) atoms. The summed E-state index contributed by atoms with van der Waals surface area (Å²) in [6.45, 7) is 2.19. The van der Waals surface area contributed by atoms with Crippen LogP contribution in [-0.4, -0.2) is 0 Å². The minimum atomic E-state index is -0.410. The molecule has 8 rings (SSSR count). The number of benzene rings is 7. The van der Waals surface area contributed by atoms with Gasteiger partial charge in [0.05, 0.1) is 5.41 Å². The van der Waals surface area contributed by atoms with E-state index in [0.29, 0.717) is 0 Å². The summed E-state index contributed by atoms with van der Waals surface area (Å²) in [5, 5.41) is 0. The number of fused-ring (bicyclic) bond motifs is 3. The quantitative estimate of drug-likeness (QED) is 0.191. The molecule has 0 aliphatic heterocycles. The Labute approximate surface area is 265 Å². The Morgan fingerprint density at radius 3 is 1.47 bits per heavy atom. The molecule has 7 aromatic rings. The van der Waals surface area contributed by atoms with E-state index in [4.69, 9.17) is 0 Å². The first-order valence-corrected chi connectivity index (χ1v) is 15.6. The van der Waals surface area contributed by atoms with E-state index in [1.54, 1.807) is 0 Å². The van der Waals surface area contributed by atoms with Crippen LogP contribution in [0.25, 0.3) is 22.3 Å². The summed E-state index contributed by atoms with van der Waals surface area (Å²) in [6.07, 6.45) is 0. The van der Waals surface area contributed by atoms with Gasteiger partial charge in [0.25, 0.3) is 0 Å². The SMILES string of the molecule is Cc1cccc(C2(c3ccc(N(c4ccccc4)c4ccc(-c5ccccc5)cc4)cc3)c3ccccc3-c3ccccc32)c1. The Morgan fingerprint density at radius 2 is 0.867 bits per heavy atom. The molecular formula is C44H33N. The fraction of sp³-hybridized carbons (Fsp3) is 0.0455. The van der Waals surface area contributed by atoms with Crippen LogP contribution in [0.5, 0.6) is 0 Å². The molecule has 0 radical (unpaired) electrons. The van der Waals surface area contributed by atoms with Gasteiger partial charge in [-0.2, -0.15) is 0 Å². The van der Waals surface area contributed by atoms with Crippen molar-refractivity contribution in [3.05, 3.63) is 210 Å². The third-order valence-corrected chi connectivity index (χ3v) is 9.21. The molecule has 0 N–H and O–H groups in total. The average Bonchev–Trinajstić information content (AvgIpc) is 3.41. The first kappa shape index (κ1) is 26.9. The molecule has 0 fully saturated rings. The minimum Gasteiger partial charge on any atom is -0.311 e. The molecule has 1 aliphatic carbocycles. The van der Waals surface area contributed by atoms with Crippen LogP contribution in [0.2, 0.25) is 0 Å². The first-order chi connectivity index (χ1) is 22.2. The van der Waals surface area contributed by atoms with Gasteiger partial charge < -0.3 is 4.90 Å². The molecule has 0 amide bonds. The largest absolute Gasteiger partial charge is 0.311 e. The number of anilines is 3. The fourth-order valence-electron chi connectivity index (χ4n) is 7.22. The summed E-state index contributed by atoms with van der Waals surface area (Å²) in [5.41, 5.74) is 14.5. The van der Waals surface area contributed by atoms with Crippen molar-refractivity contribution in [2.24, 2.45) is 0 Å². The zero-order chi connectivity index (χ0) is 30.2. The first-order valence-electron chi connectivity index (χ1n) is 15.6. The normalized spacial score (nSPS) is 12.7. The minimum absolute atomic E-state index is 0.410. The predicted octanol–water partition coefficient (Wildman–Crippen LogP) is 11.5. The van der Waals surface area contributed by atoms with Crippen molar-refractivity contribution >= 4 is 17.1 Å². The van der Waals surface area contributed by atoms with Gasteiger partial charge in [0.15, 0.2) is 0 Å². The van der Waals surface area contributed by atoms with Crippen molar-refractivity contribution in [3.8, 4) is 22.3 Å². The summed E-state index contributed by atoms with van der Waals surface area (Å²) >= 11 is 0. The molecule has 1 nitrogen and oxygen atoms in total. The van der Waals surface area contributed by atoms with Gasteiger partial charge >= 0.3 is 0 Å². The lowest BCUT2D eigenvalue weighted by Gasteiger charge is -2.34. The predicted molar refractivity (Wildman–Crippen MR) is 189 cm³/mol. The van der Waals surface area contributed by atoms with Gasteiger partial charge in [-0.05, 0) is 87.8 Å². The molecule has 214 valence electrons. The van der Waals surface area contributed by atoms with Crippen LogP contribution in [0, 0.1) is 6.92 Å². The number of hydrogen-bond donors (Lipinski definition) is 0. The van der Waals surface area contributed by atoms with E-state index < -0.39 is 5.41 Å². The lowest BCUT2D eigenvalue weighted by molar-refractivity contribution is 0.767. The van der Waals surface area contributed by atoms with Crippen molar-refractivity contribution in [1.82, 2.24) is 0 Å². The number of hydrogen-bond acceptors (Lipinski definition) is 1. The molecule has 7 aromatic carbocycles. The van der Waals surface area contributed by atoms with E-state index in [9.17, 15) is 0 Å². The van der Waals surface area contributed by atoms with E-state index in [1.807, 2.05) is 0 Å². The van der Waals surface area contributed by atoms with E-state index in [-0.39, 0.29) is 0 Å². The van der Waals surface area contributed by atoms with Crippen molar-refractivity contribution in [3.63, 3.8) is 0 Å². The Balaban J connectivity index is 1.29. The molecule has 0 spiro atoms. The van der Waals surface area contributed by atoms with Gasteiger partial charge in [-0.3, -0.25) is 0 Å². The van der Waals surface area contributed by atoms with Gasteiger partial charge in [-0.1, -0.05) is 151 Å². The Kier molecular flexibility index (Phi) is 6.65. The maximum atomic E-state index is 2.36. The molecule has 0 unspecified atom stereocenters. The van der Waals surface area contributed by atoms with Crippen LogP contribution in [0.1, 0.15) is 27.8 Å². The molecule has 1 aliphatic rings. The summed E-state index contributed by atoms with van der Waals surface area (Å²) < 4.78 is 0. The zero-order valence-corrected chi connectivity index (χ0v) is 25.3. The van der Waals surface area contributed by atoms with Crippen molar-refractivity contribution in [2.45, 2.75) is 12.3 Å². The highest BCUT2D eigenvalue weighted by Crippen LogP contribution is 2.56. The summed E-state index contributed by atoms with van der Waals surface area (Å²) in [4.78, 5) is 2.34. The molecule has 0 bridgehead atoms. The van der Waals surface area contributed by atoms with Gasteiger partial charge in [-0.15, -0.1) is 0 Å². The Bertz CT molecular complexity index is 2050. The second-order valence-electron chi connectivity index (χ2n) is 11.8. The van der Waals surface area contributed by atoms with Gasteiger partial charge in [0.2, 0.25) is 0 Å². The third kappa shape index (κ3) is 4.48. The molecule has 0 saturated carbocycles. The Hall–Kier alpha value is -5.66. The number of para-hydroxylation sites is 1. The Morgan fingerprint density at radius 1 is 0.378 bits per heavy atom. The monoisotopic (exact) mass is 575 g/mol. The maximum absolute atomic E-state index is 2.36. The summed E-state index contributed by atoms with van der Waals surface area (Å²) in [5.74, 6) is 0. The van der Waals surface area contributed by atoms with Crippen molar-refractivity contribution in [1.29, 1.82) is 0 Å². The van der Waals surface area contributed by atoms with Gasteiger partial charge in [0.1, 0.15) is 0 Å².